The highest BCUT2D eigenvalue weighted by molar-refractivity contribution is 9.10. The number of rotatable bonds is 2. The summed E-state index contributed by atoms with van der Waals surface area (Å²) in [4.78, 5) is 8.61. The van der Waals surface area contributed by atoms with Crippen molar-refractivity contribution in [2.24, 2.45) is 0 Å². The molecule has 100 valence electrons. The van der Waals surface area contributed by atoms with Crippen molar-refractivity contribution in [2.75, 3.05) is 11.1 Å². The van der Waals surface area contributed by atoms with Crippen LogP contribution in [-0.2, 0) is 0 Å². The molecule has 1 aromatic heterocycles. The number of aromatic nitrogens is 2. The van der Waals surface area contributed by atoms with E-state index in [1.807, 2.05) is 24.3 Å². The zero-order chi connectivity index (χ0) is 14.1. The number of nitrogens with two attached hydrogens (primary N) is 1. The minimum atomic E-state index is -0.395. The lowest BCUT2D eigenvalue weighted by Gasteiger charge is -2.11. The van der Waals surface area contributed by atoms with Crippen LogP contribution in [-0.4, -0.2) is 9.97 Å². The van der Waals surface area contributed by atoms with Gasteiger partial charge in [-0.05, 0) is 40.2 Å². The predicted molar refractivity (Wildman–Crippen MR) is 81.3 cm³/mol. The zero-order valence-corrected chi connectivity index (χ0v) is 11.9. The first kappa shape index (κ1) is 12.8. The highest BCUT2D eigenvalue weighted by Crippen LogP contribution is 2.30. The summed E-state index contributed by atoms with van der Waals surface area (Å²) in [5, 5.41) is 2.88. The summed E-state index contributed by atoms with van der Waals surface area (Å²) in [5.41, 5.74) is 7.53. The molecule has 0 amide bonds. The van der Waals surface area contributed by atoms with E-state index in [2.05, 4.69) is 31.2 Å². The molecule has 3 rings (SSSR count). The lowest BCUT2D eigenvalue weighted by atomic mass is 10.3. The number of benzene rings is 2. The average molecular weight is 333 g/mol. The van der Waals surface area contributed by atoms with Crippen molar-refractivity contribution in [1.29, 1.82) is 0 Å². The van der Waals surface area contributed by atoms with Gasteiger partial charge in [0.1, 0.15) is 5.82 Å². The van der Waals surface area contributed by atoms with Crippen molar-refractivity contribution in [2.45, 2.75) is 0 Å². The van der Waals surface area contributed by atoms with Crippen molar-refractivity contribution in [3.05, 3.63) is 52.8 Å². The van der Waals surface area contributed by atoms with Gasteiger partial charge in [0.25, 0.3) is 0 Å². The molecule has 1 heterocycles. The summed E-state index contributed by atoms with van der Waals surface area (Å²) in [7, 11) is 0. The van der Waals surface area contributed by atoms with E-state index < -0.39 is 5.82 Å². The molecule has 4 nitrogen and oxygen atoms in total. The lowest BCUT2D eigenvalue weighted by molar-refractivity contribution is 0.631. The summed E-state index contributed by atoms with van der Waals surface area (Å²) >= 11 is 3.29. The fourth-order valence-electron chi connectivity index (χ4n) is 1.84. The number of halogens is 2. The Labute approximate surface area is 123 Å². The summed E-state index contributed by atoms with van der Waals surface area (Å²) < 4.78 is 14.4. The van der Waals surface area contributed by atoms with Gasteiger partial charge < -0.3 is 11.1 Å². The van der Waals surface area contributed by atoms with Crippen LogP contribution < -0.4 is 11.1 Å². The van der Waals surface area contributed by atoms with E-state index >= 15 is 0 Å². The number of anilines is 3. The molecule has 0 saturated heterocycles. The molecule has 0 unspecified atom stereocenters. The molecule has 6 heteroatoms. The normalized spacial score (nSPS) is 10.7. The fourth-order valence-corrected chi connectivity index (χ4v) is 2.28. The second-order valence-corrected chi connectivity index (χ2v) is 5.02. The van der Waals surface area contributed by atoms with Crippen molar-refractivity contribution in [3.63, 3.8) is 0 Å². The SMILES string of the molecule is Nc1nc2ccccc2nc1Nc1c(F)cccc1Br. The van der Waals surface area contributed by atoms with Gasteiger partial charge in [0.15, 0.2) is 11.6 Å². The van der Waals surface area contributed by atoms with E-state index in [1.54, 1.807) is 12.1 Å². The topological polar surface area (TPSA) is 63.8 Å². The van der Waals surface area contributed by atoms with Crippen molar-refractivity contribution in [3.8, 4) is 0 Å². The van der Waals surface area contributed by atoms with Gasteiger partial charge in [-0.1, -0.05) is 18.2 Å². The Hall–Kier alpha value is -2.21. The summed E-state index contributed by atoms with van der Waals surface area (Å²) in [6.07, 6.45) is 0. The van der Waals surface area contributed by atoms with Crippen LogP contribution in [0.1, 0.15) is 0 Å². The Bertz CT molecular complexity index is 771. The standard InChI is InChI=1S/C14H10BrFN4/c15-8-4-3-5-9(16)12(8)20-14-13(17)18-10-6-1-2-7-11(10)19-14/h1-7H,(H2,17,18)(H,19,20). The van der Waals surface area contributed by atoms with E-state index in [0.717, 1.165) is 0 Å². The number of hydrogen-bond acceptors (Lipinski definition) is 4. The molecule has 0 atom stereocenters. The molecule has 2 aromatic carbocycles. The van der Waals surface area contributed by atoms with E-state index in [4.69, 9.17) is 5.73 Å². The van der Waals surface area contributed by atoms with Crippen molar-refractivity contribution in [1.82, 2.24) is 9.97 Å². The van der Waals surface area contributed by atoms with Gasteiger partial charge in [0, 0.05) is 4.47 Å². The fraction of sp³-hybridized carbons (Fsp3) is 0. The Morgan fingerprint density at radius 3 is 2.40 bits per heavy atom. The molecular weight excluding hydrogens is 323 g/mol. The number of nitrogens with zero attached hydrogens (tertiary/aromatic N) is 2. The second-order valence-electron chi connectivity index (χ2n) is 4.17. The van der Waals surface area contributed by atoms with Crippen LogP contribution in [0, 0.1) is 5.82 Å². The Morgan fingerprint density at radius 2 is 1.70 bits per heavy atom. The minimum Gasteiger partial charge on any atom is -0.381 e. The predicted octanol–water partition coefficient (Wildman–Crippen LogP) is 3.86. The number of fused-ring (bicyclic) bond motifs is 1. The largest absolute Gasteiger partial charge is 0.381 e. The Balaban J connectivity index is 2.09. The van der Waals surface area contributed by atoms with Gasteiger partial charge in [-0.25, -0.2) is 14.4 Å². The highest BCUT2D eigenvalue weighted by Gasteiger charge is 2.11. The van der Waals surface area contributed by atoms with Crippen LogP contribution in [0.15, 0.2) is 46.9 Å². The second kappa shape index (κ2) is 5.05. The average Bonchev–Trinajstić information content (AvgIpc) is 2.43. The third kappa shape index (κ3) is 2.30. The van der Waals surface area contributed by atoms with Gasteiger partial charge in [0.05, 0.1) is 16.7 Å². The zero-order valence-electron chi connectivity index (χ0n) is 10.3. The minimum absolute atomic E-state index is 0.221. The Kier molecular flexibility index (Phi) is 3.23. The molecule has 0 spiro atoms. The maximum Gasteiger partial charge on any atom is 0.174 e. The molecule has 0 fully saturated rings. The number of nitrogen functional groups attached to an aromatic ring is 1. The molecule has 3 N–H and O–H groups in total. The van der Waals surface area contributed by atoms with Gasteiger partial charge in [-0.3, -0.25) is 0 Å². The molecule has 0 aliphatic carbocycles. The van der Waals surface area contributed by atoms with Gasteiger partial charge in [-0.2, -0.15) is 0 Å². The van der Waals surface area contributed by atoms with Crippen LogP contribution in [0.4, 0.5) is 21.7 Å². The Morgan fingerprint density at radius 1 is 1.00 bits per heavy atom. The van der Waals surface area contributed by atoms with Crippen LogP contribution in [0.2, 0.25) is 0 Å². The van der Waals surface area contributed by atoms with Crippen molar-refractivity contribution >= 4 is 44.3 Å². The van der Waals surface area contributed by atoms with Gasteiger partial charge >= 0.3 is 0 Å². The smallest absolute Gasteiger partial charge is 0.174 e. The van der Waals surface area contributed by atoms with Crippen LogP contribution in [0.25, 0.3) is 11.0 Å². The third-order valence-corrected chi connectivity index (χ3v) is 3.46. The third-order valence-electron chi connectivity index (χ3n) is 2.80. The first-order valence-electron chi connectivity index (χ1n) is 5.88. The number of para-hydroxylation sites is 3. The highest BCUT2D eigenvalue weighted by atomic mass is 79.9. The molecule has 0 saturated carbocycles. The summed E-state index contributed by atoms with van der Waals surface area (Å²) in [6.45, 7) is 0. The first-order chi connectivity index (χ1) is 9.65. The quantitative estimate of drug-likeness (QED) is 0.748. The van der Waals surface area contributed by atoms with Crippen LogP contribution in [0.5, 0.6) is 0 Å². The van der Waals surface area contributed by atoms with Gasteiger partial charge in [0.2, 0.25) is 0 Å². The maximum atomic E-state index is 13.8. The lowest BCUT2D eigenvalue weighted by Crippen LogP contribution is -2.04. The molecule has 20 heavy (non-hydrogen) atoms. The molecule has 0 bridgehead atoms. The van der Waals surface area contributed by atoms with E-state index in [1.165, 1.54) is 6.07 Å². The van der Waals surface area contributed by atoms with Crippen LogP contribution in [0.3, 0.4) is 0 Å². The van der Waals surface area contributed by atoms with Crippen molar-refractivity contribution < 1.29 is 4.39 Å². The molecule has 0 aliphatic heterocycles. The van der Waals surface area contributed by atoms with E-state index in [0.29, 0.717) is 21.3 Å². The number of hydrogen-bond donors (Lipinski definition) is 2. The van der Waals surface area contributed by atoms with Gasteiger partial charge in [-0.15, -0.1) is 0 Å². The summed E-state index contributed by atoms with van der Waals surface area (Å²) in [5.74, 6) is 0.155. The first-order valence-corrected chi connectivity index (χ1v) is 6.68. The molecule has 0 aliphatic rings. The van der Waals surface area contributed by atoms with E-state index in [-0.39, 0.29) is 11.5 Å². The number of nitrogens with one attached hydrogen (secondary N) is 1. The maximum absolute atomic E-state index is 13.8. The molecular formula is C14H10BrFN4. The molecule has 3 aromatic rings. The van der Waals surface area contributed by atoms with Crippen LogP contribution >= 0.6 is 15.9 Å². The summed E-state index contributed by atoms with van der Waals surface area (Å²) in [6, 6.07) is 12.1. The van der Waals surface area contributed by atoms with E-state index in [9.17, 15) is 4.39 Å². The monoisotopic (exact) mass is 332 g/mol. The molecule has 0 radical (unpaired) electrons.